The highest BCUT2D eigenvalue weighted by Gasteiger charge is 2.45. The van der Waals surface area contributed by atoms with Crippen molar-refractivity contribution in [3.8, 4) is 0 Å². The van der Waals surface area contributed by atoms with Gasteiger partial charge in [-0.15, -0.1) is 0 Å². The van der Waals surface area contributed by atoms with Crippen molar-refractivity contribution in [2.45, 2.75) is 37.5 Å². The summed E-state index contributed by atoms with van der Waals surface area (Å²) in [7, 11) is 0. The third-order valence-electron chi connectivity index (χ3n) is 3.80. The highest BCUT2D eigenvalue weighted by molar-refractivity contribution is 5.39. The Balaban J connectivity index is 2.41. The van der Waals surface area contributed by atoms with E-state index < -0.39 is 23.3 Å². The lowest BCUT2D eigenvalue weighted by Crippen LogP contribution is -2.49. The van der Waals surface area contributed by atoms with Crippen LogP contribution < -0.4 is 5.73 Å². The molecule has 3 N–H and O–H groups in total. The first kappa shape index (κ1) is 13.4. The Hall–Kier alpha value is -1.07. The summed E-state index contributed by atoms with van der Waals surface area (Å²) in [5.41, 5.74) is 5.34. The van der Waals surface area contributed by atoms with Crippen LogP contribution >= 0.6 is 0 Å². The molecule has 1 fully saturated rings. The maximum Gasteiger partial charge on any atom is 0.416 e. The summed E-state index contributed by atoms with van der Waals surface area (Å²) >= 11 is 0. The first-order valence-corrected chi connectivity index (χ1v) is 5.85. The van der Waals surface area contributed by atoms with Crippen LogP contribution in [0.1, 0.15) is 29.5 Å². The number of hydrogen-bond donors (Lipinski definition) is 2. The topological polar surface area (TPSA) is 46.2 Å². The van der Waals surface area contributed by atoms with Crippen LogP contribution in [-0.2, 0) is 11.6 Å². The number of rotatable bonds is 2. The van der Waals surface area contributed by atoms with Crippen molar-refractivity contribution in [3.63, 3.8) is 0 Å². The Kier molecular flexibility index (Phi) is 3.15. The van der Waals surface area contributed by atoms with E-state index in [1.165, 1.54) is 19.1 Å². The molecule has 0 heterocycles. The number of hydrogen-bond acceptors (Lipinski definition) is 2. The molecule has 0 radical (unpaired) electrons. The molecule has 0 unspecified atom stereocenters. The predicted octanol–water partition coefficient (Wildman–Crippen LogP) is 2.37. The zero-order valence-electron chi connectivity index (χ0n) is 10.1. The SMILES string of the molecule is Cc1ccc(C2(CN)CC(O)C2)cc1C(F)(F)F. The maximum atomic E-state index is 12.8. The van der Waals surface area contributed by atoms with Crippen molar-refractivity contribution in [1.82, 2.24) is 0 Å². The van der Waals surface area contributed by atoms with Crippen LogP contribution in [0.15, 0.2) is 18.2 Å². The third-order valence-corrected chi connectivity index (χ3v) is 3.80. The molecule has 5 heteroatoms. The lowest BCUT2D eigenvalue weighted by molar-refractivity contribution is -0.138. The monoisotopic (exact) mass is 259 g/mol. The van der Waals surface area contributed by atoms with E-state index in [0.717, 1.165) is 0 Å². The molecule has 0 atom stereocenters. The van der Waals surface area contributed by atoms with Gasteiger partial charge in [0.2, 0.25) is 0 Å². The molecule has 1 aromatic rings. The molecule has 0 saturated heterocycles. The normalized spacial score (nSPS) is 28.0. The van der Waals surface area contributed by atoms with Crippen LogP contribution in [0.5, 0.6) is 0 Å². The number of aliphatic hydroxyl groups is 1. The van der Waals surface area contributed by atoms with Crippen LogP contribution in [-0.4, -0.2) is 17.8 Å². The van der Waals surface area contributed by atoms with Crippen LogP contribution in [0.2, 0.25) is 0 Å². The summed E-state index contributed by atoms with van der Waals surface area (Å²) in [6, 6.07) is 4.33. The summed E-state index contributed by atoms with van der Waals surface area (Å²) < 4.78 is 38.5. The second kappa shape index (κ2) is 4.24. The van der Waals surface area contributed by atoms with Crippen LogP contribution in [0.4, 0.5) is 13.2 Å². The fourth-order valence-electron chi connectivity index (χ4n) is 2.62. The van der Waals surface area contributed by atoms with Gasteiger partial charge >= 0.3 is 6.18 Å². The van der Waals surface area contributed by atoms with E-state index >= 15 is 0 Å². The molecule has 100 valence electrons. The molecule has 1 aromatic carbocycles. The van der Waals surface area contributed by atoms with E-state index in [-0.39, 0.29) is 12.1 Å². The van der Waals surface area contributed by atoms with Crippen molar-refractivity contribution < 1.29 is 18.3 Å². The Morgan fingerprint density at radius 2 is 2.00 bits per heavy atom. The Labute approximate surface area is 104 Å². The predicted molar refractivity (Wildman–Crippen MR) is 62.2 cm³/mol. The van der Waals surface area contributed by atoms with E-state index in [1.54, 1.807) is 6.07 Å². The number of halogens is 3. The standard InChI is InChI=1S/C13H16F3NO/c1-8-2-3-9(4-11(8)13(14,15)16)12(7-17)5-10(18)6-12/h2-4,10,18H,5-7,17H2,1H3. The van der Waals surface area contributed by atoms with Crippen LogP contribution in [0.3, 0.4) is 0 Å². The number of benzene rings is 1. The highest BCUT2D eigenvalue weighted by Crippen LogP contribution is 2.44. The largest absolute Gasteiger partial charge is 0.416 e. The molecule has 0 aromatic heterocycles. The Morgan fingerprint density at radius 3 is 2.44 bits per heavy atom. The molecular weight excluding hydrogens is 243 g/mol. The number of alkyl halides is 3. The lowest BCUT2D eigenvalue weighted by Gasteiger charge is -2.45. The highest BCUT2D eigenvalue weighted by atomic mass is 19.4. The van der Waals surface area contributed by atoms with Gasteiger partial charge in [0.25, 0.3) is 0 Å². The Morgan fingerprint density at radius 1 is 1.39 bits per heavy atom. The lowest BCUT2D eigenvalue weighted by atomic mass is 9.62. The molecule has 0 aliphatic heterocycles. The first-order chi connectivity index (χ1) is 8.28. The number of nitrogens with two attached hydrogens (primary N) is 1. The molecule has 1 aliphatic rings. The fourth-order valence-corrected chi connectivity index (χ4v) is 2.62. The van der Waals surface area contributed by atoms with Gasteiger partial charge in [0.05, 0.1) is 11.7 Å². The summed E-state index contributed by atoms with van der Waals surface area (Å²) in [6.07, 6.45) is -3.93. The minimum Gasteiger partial charge on any atom is -0.393 e. The summed E-state index contributed by atoms with van der Waals surface area (Å²) in [6.45, 7) is 1.70. The van der Waals surface area contributed by atoms with Gasteiger partial charge in [-0.3, -0.25) is 0 Å². The molecule has 1 saturated carbocycles. The van der Waals surface area contributed by atoms with Gasteiger partial charge in [-0.05, 0) is 37.0 Å². The van der Waals surface area contributed by atoms with Crippen LogP contribution in [0, 0.1) is 6.92 Å². The second-order valence-electron chi connectivity index (χ2n) is 5.07. The quantitative estimate of drug-likeness (QED) is 0.856. The minimum absolute atomic E-state index is 0.207. The summed E-state index contributed by atoms with van der Waals surface area (Å²) in [5.74, 6) is 0. The van der Waals surface area contributed by atoms with E-state index in [4.69, 9.17) is 5.73 Å². The van der Waals surface area contributed by atoms with Gasteiger partial charge in [-0.25, -0.2) is 0 Å². The smallest absolute Gasteiger partial charge is 0.393 e. The van der Waals surface area contributed by atoms with Gasteiger partial charge in [0, 0.05) is 12.0 Å². The molecule has 18 heavy (non-hydrogen) atoms. The second-order valence-corrected chi connectivity index (χ2v) is 5.07. The van der Waals surface area contributed by atoms with Gasteiger partial charge in [-0.2, -0.15) is 13.2 Å². The number of aliphatic hydroxyl groups excluding tert-OH is 1. The fraction of sp³-hybridized carbons (Fsp3) is 0.538. The molecule has 2 nitrogen and oxygen atoms in total. The van der Waals surface area contributed by atoms with E-state index in [2.05, 4.69) is 0 Å². The van der Waals surface area contributed by atoms with E-state index in [0.29, 0.717) is 18.4 Å². The van der Waals surface area contributed by atoms with Crippen molar-refractivity contribution in [2.24, 2.45) is 5.73 Å². The minimum atomic E-state index is -4.35. The molecule has 2 rings (SSSR count). The Bertz CT molecular complexity index is 450. The average Bonchev–Trinajstić information content (AvgIpc) is 2.23. The van der Waals surface area contributed by atoms with Crippen molar-refractivity contribution in [1.29, 1.82) is 0 Å². The zero-order chi connectivity index (χ0) is 13.6. The summed E-state index contributed by atoms with van der Waals surface area (Å²) in [4.78, 5) is 0. The van der Waals surface area contributed by atoms with E-state index in [1.807, 2.05) is 0 Å². The molecule has 0 amide bonds. The van der Waals surface area contributed by atoms with E-state index in [9.17, 15) is 18.3 Å². The average molecular weight is 259 g/mol. The summed E-state index contributed by atoms with van der Waals surface area (Å²) in [5, 5.41) is 9.38. The van der Waals surface area contributed by atoms with Gasteiger partial charge in [-0.1, -0.05) is 12.1 Å². The molecule has 0 bridgehead atoms. The van der Waals surface area contributed by atoms with Crippen molar-refractivity contribution in [3.05, 3.63) is 34.9 Å². The van der Waals surface area contributed by atoms with Crippen molar-refractivity contribution in [2.75, 3.05) is 6.54 Å². The zero-order valence-corrected chi connectivity index (χ0v) is 10.1. The maximum absolute atomic E-state index is 12.8. The van der Waals surface area contributed by atoms with Crippen LogP contribution in [0.25, 0.3) is 0 Å². The van der Waals surface area contributed by atoms with Gasteiger partial charge < -0.3 is 10.8 Å². The van der Waals surface area contributed by atoms with Crippen molar-refractivity contribution >= 4 is 0 Å². The van der Waals surface area contributed by atoms with Gasteiger partial charge in [0.1, 0.15) is 0 Å². The third kappa shape index (κ3) is 2.12. The van der Waals surface area contributed by atoms with Gasteiger partial charge in [0.15, 0.2) is 0 Å². The molecule has 0 spiro atoms. The molecular formula is C13H16F3NO. The first-order valence-electron chi connectivity index (χ1n) is 5.85. The molecule has 1 aliphatic carbocycles. The number of aryl methyl sites for hydroxylation is 1.